The van der Waals surface area contributed by atoms with Gasteiger partial charge in [0.15, 0.2) is 11.6 Å². The average molecular weight is 278 g/mol. The number of rotatable bonds is 5. The summed E-state index contributed by atoms with van der Waals surface area (Å²) in [5.74, 6) is -1.40. The summed E-state index contributed by atoms with van der Waals surface area (Å²) >= 11 is 0. The third-order valence-corrected chi connectivity index (χ3v) is 2.92. The molecule has 0 saturated heterocycles. The van der Waals surface area contributed by atoms with Gasteiger partial charge in [-0.05, 0) is 30.2 Å². The maximum absolute atomic E-state index is 13.7. The number of hydrogen-bond acceptors (Lipinski definition) is 2. The fourth-order valence-corrected chi connectivity index (χ4v) is 1.91. The zero-order valence-corrected chi connectivity index (χ0v) is 11.1. The van der Waals surface area contributed by atoms with E-state index in [-0.39, 0.29) is 5.56 Å². The molecule has 0 aromatic heterocycles. The number of halogens is 2. The molecular formula is C16H16F2O2. The summed E-state index contributed by atoms with van der Waals surface area (Å²) in [4.78, 5) is 0. The first-order valence-corrected chi connectivity index (χ1v) is 6.48. The van der Waals surface area contributed by atoms with Gasteiger partial charge in [0.05, 0.1) is 6.61 Å². The number of ether oxygens (including phenoxy) is 1. The van der Waals surface area contributed by atoms with E-state index in [0.717, 1.165) is 12.5 Å². The Morgan fingerprint density at radius 2 is 1.90 bits per heavy atom. The van der Waals surface area contributed by atoms with Crippen LogP contribution in [-0.4, -0.2) is 11.7 Å². The first-order chi connectivity index (χ1) is 9.63. The van der Waals surface area contributed by atoms with E-state index in [2.05, 4.69) is 0 Å². The molecule has 0 saturated carbocycles. The van der Waals surface area contributed by atoms with Crippen molar-refractivity contribution < 1.29 is 18.6 Å². The average Bonchev–Trinajstić information content (AvgIpc) is 2.47. The van der Waals surface area contributed by atoms with E-state index in [0.29, 0.717) is 17.9 Å². The first-order valence-electron chi connectivity index (χ1n) is 6.48. The molecule has 2 nitrogen and oxygen atoms in total. The Morgan fingerprint density at radius 1 is 1.15 bits per heavy atom. The van der Waals surface area contributed by atoms with Crippen LogP contribution in [-0.2, 0) is 0 Å². The van der Waals surface area contributed by atoms with Crippen molar-refractivity contribution in [2.24, 2.45) is 0 Å². The topological polar surface area (TPSA) is 29.5 Å². The highest BCUT2D eigenvalue weighted by Gasteiger charge is 2.17. The normalized spacial score (nSPS) is 12.2. The molecule has 0 aliphatic carbocycles. The number of benzene rings is 2. The molecule has 2 aromatic rings. The van der Waals surface area contributed by atoms with Crippen molar-refractivity contribution >= 4 is 0 Å². The van der Waals surface area contributed by atoms with Crippen molar-refractivity contribution in [2.75, 3.05) is 6.61 Å². The number of aliphatic hydroxyl groups is 1. The Labute approximate surface area is 116 Å². The van der Waals surface area contributed by atoms with Crippen molar-refractivity contribution in [3.63, 3.8) is 0 Å². The van der Waals surface area contributed by atoms with Crippen LogP contribution < -0.4 is 4.74 Å². The summed E-state index contributed by atoms with van der Waals surface area (Å²) in [6, 6.07) is 10.5. The molecule has 0 bridgehead atoms. The lowest BCUT2D eigenvalue weighted by molar-refractivity contribution is 0.212. The summed E-state index contributed by atoms with van der Waals surface area (Å²) in [6.45, 7) is 2.55. The summed E-state index contributed by atoms with van der Waals surface area (Å²) in [5, 5.41) is 10.2. The monoisotopic (exact) mass is 278 g/mol. The van der Waals surface area contributed by atoms with Gasteiger partial charge in [0.1, 0.15) is 11.9 Å². The minimum absolute atomic E-state index is 0.0855. The number of aliphatic hydroxyl groups excluding tert-OH is 1. The molecule has 0 amide bonds. The van der Waals surface area contributed by atoms with Gasteiger partial charge in [-0.1, -0.05) is 31.2 Å². The second-order valence-electron chi connectivity index (χ2n) is 4.47. The molecule has 0 spiro atoms. The molecule has 2 aromatic carbocycles. The lowest BCUT2D eigenvalue weighted by Gasteiger charge is -2.14. The van der Waals surface area contributed by atoms with Gasteiger partial charge in [-0.25, -0.2) is 8.78 Å². The predicted molar refractivity (Wildman–Crippen MR) is 72.6 cm³/mol. The third-order valence-electron chi connectivity index (χ3n) is 2.92. The van der Waals surface area contributed by atoms with Gasteiger partial charge in [0.2, 0.25) is 0 Å². The molecular weight excluding hydrogens is 262 g/mol. The van der Waals surface area contributed by atoms with Gasteiger partial charge >= 0.3 is 0 Å². The van der Waals surface area contributed by atoms with E-state index < -0.39 is 17.7 Å². The summed E-state index contributed by atoms with van der Waals surface area (Å²) < 4.78 is 32.3. The number of hydrogen-bond donors (Lipinski definition) is 1. The van der Waals surface area contributed by atoms with Crippen LogP contribution in [0.1, 0.15) is 30.6 Å². The molecule has 0 aliphatic heterocycles. The molecule has 0 fully saturated rings. The van der Waals surface area contributed by atoms with E-state index in [1.807, 2.05) is 6.92 Å². The van der Waals surface area contributed by atoms with Gasteiger partial charge < -0.3 is 9.84 Å². The Morgan fingerprint density at radius 3 is 2.65 bits per heavy atom. The molecule has 1 unspecified atom stereocenters. The lowest BCUT2D eigenvalue weighted by Crippen LogP contribution is -2.05. The van der Waals surface area contributed by atoms with Gasteiger partial charge in [-0.2, -0.15) is 0 Å². The van der Waals surface area contributed by atoms with Crippen LogP contribution in [0.5, 0.6) is 5.75 Å². The summed E-state index contributed by atoms with van der Waals surface area (Å²) in [7, 11) is 0. The maximum Gasteiger partial charge on any atom is 0.164 e. The highest BCUT2D eigenvalue weighted by Crippen LogP contribution is 2.27. The van der Waals surface area contributed by atoms with Gasteiger partial charge in [0, 0.05) is 5.56 Å². The fourth-order valence-electron chi connectivity index (χ4n) is 1.91. The van der Waals surface area contributed by atoms with E-state index in [1.165, 1.54) is 12.1 Å². The van der Waals surface area contributed by atoms with Crippen LogP contribution in [0.25, 0.3) is 0 Å². The smallest absolute Gasteiger partial charge is 0.164 e. The minimum atomic E-state index is -1.23. The zero-order valence-electron chi connectivity index (χ0n) is 11.1. The molecule has 4 heteroatoms. The van der Waals surface area contributed by atoms with E-state index in [9.17, 15) is 13.9 Å². The zero-order chi connectivity index (χ0) is 14.5. The molecule has 0 aliphatic rings. The van der Waals surface area contributed by atoms with Crippen LogP contribution in [0.2, 0.25) is 0 Å². The van der Waals surface area contributed by atoms with Crippen LogP contribution in [0.15, 0.2) is 42.5 Å². The standard InChI is InChI=1S/C16H16F2O2/c1-2-9-20-12-6-3-5-11(10-12)16(19)13-7-4-8-14(17)15(13)18/h3-8,10,16,19H,2,9H2,1H3. The highest BCUT2D eigenvalue weighted by atomic mass is 19.2. The van der Waals surface area contributed by atoms with Gasteiger partial charge in [-0.3, -0.25) is 0 Å². The Kier molecular flexibility index (Phi) is 4.69. The quantitative estimate of drug-likeness (QED) is 0.900. The van der Waals surface area contributed by atoms with Crippen molar-refractivity contribution in [3.8, 4) is 5.75 Å². The minimum Gasteiger partial charge on any atom is -0.494 e. The molecule has 2 rings (SSSR count). The Hall–Kier alpha value is -1.94. The van der Waals surface area contributed by atoms with Crippen LogP contribution >= 0.6 is 0 Å². The van der Waals surface area contributed by atoms with E-state index in [1.54, 1.807) is 24.3 Å². The second kappa shape index (κ2) is 6.48. The lowest BCUT2D eigenvalue weighted by atomic mass is 10.0. The van der Waals surface area contributed by atoms with Crippen molar-refractivity contribution in [3.05, 3.63) is 65.2 Å². The predicted octanol–water partition coefficient (Wildman–Crippen LogP) is 3.84. The van der Waals surface area contributed by atoms with E-state index in [4.69, 9.17) is 4.74 Å². The SMILES string of the molecule is CCCOc1cccc(C(O)c2cccc(F)c2F)c1. The maximum atomic E-state index is 13.7. The largest absolute Gasteiger partial charge is 0.494 e. The van der Waals surface area contributed by atoms with Crippen LogP contribution in [0, 0.1) is 11.6 Å². The first kappa shape index (κ1) is 14.5. The third kappa shape index (κ3) is 3.14. The van der Waals surface area contributed by atoms with Crippen molar-refractivity contribution in [1.82, 2.24) is 0 Å². The Balaban J connectivity index is 2.28. The second-order valence-corrected chi connectivity index (χ2v) is 4.47. The molecule has 106 valence electrons. The van der Waals surface area contributed by atoms with Crippen molar-refractivity contribution in [1.29, 1.82) is 0 Å². The van der Waals surface area contributed by atoms with E-state index >= 15 is 0 Å². The molecule has 20 heavy (non-hydrogen) atoms. The fraction of sp³-hybridized carbons (Fsp3) is 0.250. The summed E-state index contributed by atoms with van der Waals surface area (Å²) in [6.07, 6.45) is -0.360. The van der Waals surface area contributed by atoms with Crippen LogP contribution in [0.3, 0.4) is 0 Å². The Bertz CT molecular complexity index is 584. The molecule has 1 atom stereocenters. The molecule has 1 N–H and O–H groups in total. The van der Waals surface area contributed by atoms with Gasteiger partial charge in [0.25, 0.3) is 0 Å². The molecule has 0 radical (unpaired) electrons. The van der Waals surface area contributed by atoms with Crippen molar-refractivity contribution in [2.45, 2.75) is 19.4 Å². The highest BCUT2D eigenvalue weighted by molar-refractivity contribution is 5.36. The molecule has 0 heterocycles. The summed E-state index contributed by atoms with van der Waals surface area (Å²) in [5.41, 5.74) is 0.376. The van der Waals surface area contributed by atoms with Gasteiger partial charge in [-0.15, -0.1) is 0 Å². The van der Waals surface area contributed by atoms with Crippen LogP contribution in [0.4, 0.5) is 8.78 Å².